The molecule has 1 heterocycles. The lowest BCUT2D eigenvalue weighted by Crippen LogP contribution is -2.03. The average molecular weight is 229 g/mol. The second-order valence-corrected chi connectivity index (χ2v) is 3.52. The van der Waals surface area contributed by atoms with Crippen LogP contribution in [-0.4, -0.2) is 16.5 Å². The highest BCUT2D eigenvalue weighted by Gasteiger charge is 1.99. The van der Waals surface area contributed by atoms with Crippen molar-refractivity contribution < 1.29 is 4.74 Å². The summed E-state index contributed by atoms with van der Waals surface area (Å²) in [5.41, 5.74) is 1.12. The summed E-state index contributed by atoms with van der Waals surface area (Å²) >= 11 is 0. The molecule has 1 N–H and O–H groups in total. The van der Waals surface area contributed by atoms with Crippen LogP contribution in [0.3, 0.4) is 0 Å². The van der Waals surface area contributed by atoms with Crippen LogP contribution in [0, 0.1) is 0 Å². The quantitative estimate of drug-likeness (QED) is 0.855. The molecule has 4 nitrogen and oxygen atoms in total. The Morgan fingerprint density at radius 3 is 2.76 bits per heavy atom. The number of rotatable bonds is 5. The Kier molecular flexibility index (Phi) is 3.91. The van der Waals surface area contributed by atoms with Crippen molar-refractivity contribution in [1.82, 2.24) is 9.97 Å². The van der Waals surface area contributed by atoms with Crippen LogP contribution in [0.2, 0.25) is 0 Å². The molecular formula is C13H15N3O. The smallest absolute Gasteiger partial charge is 0.225 e. The molecule has 2 aromatic rings. The lowest BCUT2D eigenvalue weighted by atomic mass is 10.2. The van der Waals surface area contributed by atoms with Gasteiger partial charge in [0.1, 0.15) is 6.61 Å². The Bertz CT molecular complexity index is 459. The van der Waals surface area contributed by atoms with Gasteiger partial charge in [-0.15, -0.1) is 0 Å². The van der Waals surface area contributed by atoms with Crippen molar-refractivity contribution >= 4 is 5.95 Å². The van der Waals surface area contributed by atoms with Gasteiger partial charge in [-0.1, -0.05) is 30.3 Å². The molecule has 17 heavy (non-hydrogen) atoms. The van der Waals surface area contributed by atoms with Crippen LogP contribution in [0.15, 0.2) is 42.6 Å². The SMILES string of the molecule is CCNc1nccc(OCc2ccccc2)n1. The molecule has 0 fully saturated rings. The highest BCUT2D eigenvalue weighted by Crippen LogP contribution is 2.10. The van der Waals surface area contributed by atoms with Crippen LogP contribution >= 0.6 is 0 Å². The van der Waals surface area contributed by atoms with Crippen LogP contribution in [0.25, 0.3) is 0 Å². The predicted molar refractivity (Wildman–Crippen MR) is 67.0 cm³/mol. The summed E-state index contributed by atoms with van der Waals surface area (Å²) in [5.74, 6) is 1.18. The van der Waals surface area contributed by atoms with Crippen LogP contribution in [-0.2, 0) is 6.61 Å². The van der Waals surface area contributed by atoms with Gasteiger partial charge in [0.15, 0.2) is 0 Å². The normalized spacial score (nSPS) is 9.94. The number of benzene rings is 1. The number of ether oxygens (including phenoxy) is 1. The molecule has 0 aliphatic rings. The zero-order valence-corrected chi connectivity index (χ0v) is 9.76. The van der Waals surface area contributed by atoms with E-state index in [9.17, 15) is 0 Å². The third-order valence-corrected chi connectivity index (χ3v) is 2.19. The minimum atomic E-state index is 0.517. The first-order valence-corrected chi connectivity index (χ1v) is 5.62. The van der Waals surface area contributed by atoms with Crippen molar-refractivity contribution in [2.45, 2.75) is 13.5 Å². The lowest BCUT2D eigenvalue weighted by molar-refractivity contribution is 0.294. The topological polar surface area (TPSA) is 47.0 Å². The zero-order chi connectivity index (χ0) is 11.9. The minimum absolute atomic E-state index is 0.517. The minimum Gasteiger partial charge on any atom is -0.473 e. The zero-order valence-electron chi connectivity index (χ0n) is 9.76. The van der Waals surface area contributed by atoms with Gasteiger partial charge in [-0.25, -0.2) is 4.98 Å². The van der Waals surface area contributed by atoms with E-state index in [2.05, 4.69) is 15.3 Å². The van der Waals surface area contributed by atoms with Crippen LogP contribution < -0.4 is 10.1 Å². The standard InChI is InChI=1S/C13H15N3O/c1-2-14-13-15-9-8-12(16-13)17-10-11-6-4-3-5-7-11/h3-9H,2,10H2,1H3,(H,14,15,16). The van der Waals surface area contributed by atoms with Gasteiger partial charge in [-0.05, 0) is 12.5 Å². The Hall–Kier alpha value is -2.10. The highest BCUT2D eigenvalue weighted by molar-refractivity contribution is 5.27. The van der Waals surface area contributed by atoms with E-state index in [0.717, 1.165) is 12.1 Å². The molecule has 88 valence electrons. The molecule has 0 amide bonds. The largest absolute Gasteiger partial charge is 0.473 e. The van der Waals surface area contributed by atoms with Crippen molar-refractivity contribution in [2.75, 3.05) is 11.9 Å². The molecule has 0 saturated carbocycles. The third kappa shape index (κ3) is 3.45. The van der Waals surface area contributed by atoms with Gasteiger partial charge in [-0.3, -0.25) is 0 Å². The van der Waals surface area contributed by atoms with Crippen LogP contribution in [0.1, 0.15) is 12.5 Å². The fourth-order valence-electron chi connectivity index (χ4n) is 1.40. The highest BCUT2D eigenvalue weighted by atomic mass is 16.5. The Balaban J connectivity index is 1.97. The summed E-state index contributed by atoms with van der Waals surface area (Å²) in [6.07, 6.45) is 1.69. The van der Waals surface area contributed by atoms with Gasteiger partial charge >= 0.3 is 0 Å². The van der Waals surface area contributed by atoms with Crippen molar-refractivity contribution in [3.8, 4) is 5.88 Å². The third-order valence-electron chi connectivity index (χ3n) is 2.19. The van der Waals surface area contributed by atoms with Gasteiger partial charge in [0, 0.05) is 18.8 Å². The lowest BCUT2D eigenvalue weighted by Gasteiger charge is -2.06. The number of anilines is 1. The number of hydrogen-bond donors (Lipinski definition) is 1. The van der Waals surface area contributed by atoms with E-state index in [1.165, 1.54) is 0 Å². The number of hydrogen-bond acceptors (Lipinski definition) is 4. The fourth-order valence-corrected chi connectivity index (χ4v) is 1.40. The molecule has 1 aromatic heterocycles. The maximum Gasteiger partial charge on any atom is 0.225 e. The summed E-state index contributed by atoms with van der Waals surface area (Å²) in [4.78, 5) is 8.32. The molecule has 1 aromatic carbocycles. The molecule has 0 bridgehead atoms. The first-order valence-electron chi connectivity index (χ1n) is 5.62. The Morgan fingerprint density at radius 1 is 1.18 bits per heavy atom. The van der Waals surface area contributed by atoms with Gasteiger partial charge in [0.25, 0.3) is 0 Å². The van der Waals surface area contributed by atoms with E-state index in [4.69, 9.17) is 4.74 Å². The van der Waals surface area contributed by atoms with E-state index in [-0.39, 0.29) is 0 Å². The van der Waals surface area contributed by atoms with Crippen molar-refractivity contribution in [2.24, 2.45) is 0 Å². The summed E-state index contributed by atoms with van der Waals surface area (Å²) in [6, 6.07) is 11.8. The molecule has 0 spiro atoms. The van der Waals surface area contributed by atoms with E-state index in [1.807, 2.05) is 37.3 Å². The van der Waals surface area contributed by atoms with Gasteiger partial charge < -0.3 is 10.1 Å². The molecular weight excluding hydrogens is 214 g/mol. The number of nitrogens with one attached hydrogen (secondary N) is 1. The van der Waals surface area contributed by atoms with Gasteiger partial charge in [0.05, 0.1) is 0 Å². The summed E-state index contributed by atoms with van der Waals surface area (Å²) in [5, 5.41) is 3.04. The van der Waals surface area contributed by atoms with E-state index >= 15 is 0 Å². The molecule has 0 atom stereocenters. The number of aromatic nitrogens is 2. The molecule has 2 rings (SSSR count). The molecule has 0 radical (unpaired) electrons. The molecule has 0 unspecified atom stereocenters. The molecule has 0 saturated heterocycles. The van der Waals surface area contributed by atoms with E-state index in [1.54, 1.807) is 12.3 Å². The molecule has 4 heteroatoms. The fraction of sp³-hybridized carbons (Fsp3) is 0.231. The van der Waals surface area contributed by atoms with Gasteiger partial charge in [-0.2, -0.15) is 4.98 Å². The van der Waals surface area contributed by atoms with Crippen molar-refractivity contribution in [3.63, 3.8) is 0 Å². The van der Waals surface area contributed by atoms with Gasteiger partial charge in [0.2, 0.25) is 11.8 Å². The maximum absolute atomic E-state index is 5.59. The van der Waals surface area contributed by atoms with Crippen LogP contribution in [0.5, 0.6) is 5.88 Å². The predicted octanol–water partition coefficient (Wildman–Crippen LogP) is 2.49. The molecule has 0 aliphatic heterocycles. The Labute approximate surface area is 101 Å². The summed E-state index contributed by atoms with van der Waals surface area (Å²) in [6.45, 7) is 3.31. The number of nitrogens with zero attached hydrogens (tertiary/aromatic N) is 2. The van der Waals surface area contributed by atoms with Crippen LogP contribution in [0.4, 0.5) is 5.95 Å². The maximum atomic E-state index is 5.59. The van der Waals surface area contributed by atoms with Crippen molar-refractivity contribution in [1.29, 1.82) is 0 Å². The van der Waals surface area contributed by atoms with Crippen molar-refractivity contribution in [3.05, 3.63) is 48.2 Å². The second-order valence-electron chi connectivity index (χ2n) is 3.52. The average Bonchev–Trinajstić information content (AvgIpc) is 2.39. The second kappa shape index (κ2) is 5.84. The summed E-state index contributed by atoms with van der Waals surface area (Å²) in [7, 11) is 0. The summed E-state index contributed by atoms with van der Waals surface area (Å²) < 4.78 is 5.59. The van der Waals surface area contributed by atoms with E-state index in [0.29, 0.717) is 18.4 Å². The Morgan fingerprint density at radius 2 is 2.00 bits per heavy atom. The monoisotopic (exact) mass is 229 g/mol. The van der Waals surface area contributed by atoms with E-state index < -0.39 is 0 Å². The first-order chi connectivity index (χ1) is 8.38. The first kappa shape index (κ1) is 11.4. The molecule has 0 aliphatic carbocycles.